The van der Waals surface area contributed by atoms with E-state index in [0.717, 1.165) is 20.1 Å². The first-order valence-corrected chi connectivity index (χ1v) is 5.93. The highest BCUT2D eigenvalue weighted by Crippen LogP contribution is 2.32. The topological polar surface area (TPSA) is 38.9 Å². The standard InChI is InChI=1S/C10H8BrFN2S/c11-10-14-8(5-13)9(15-10)6-2-1-3-7(12)4-6/h1-4H,5,13H2. The third-order valence-corrected chi connectivity index (χ3v) is 3.55. The number of nitrogens with zero attached hydrogens (tertiary/aromatic N) is 1. The highest BCUT2D eigenvalue weighted by Gasteiger charge is 2.10. The molecule has 1 heterocycles. The van der Waals surface area contributed by atoms with Crippen molar-refractivity contribution in [2.75, 3.05) is 0 Å². The van der Waals surface area contributed by atoms with Gasteiger partial charge in [0.2, 0.25) is 0 Å². The molecule has 0 fully saturated rings. The van der Waals surface area contributed by atoms with Crippen molar-refractivity contribution in [3.8, 4) is 10.4 Å². The summed E-state index contributed by atoms with van der Waals surface area (Å²) in [6, 6.07) is 6.43. The zero-order chi connectivity index (χ0) is 10.8. The minimum absolute atomic E-state index is 0.250. The van der Waals surface area contributed by atoms with E-state index in [1.807, 2.05) is 6.07 Å². The van der Waals surface area contributed by atoms with Crippen LogP contribution < -0.4 is 5.73 Å². The molecule has 2 aromatic rings. The van der Waals surface area contributed by atoms with E-state index in [-0.39, 0.29) is 5.82 Å². The number of benzene rings is 1. The number of hydrogen-bond donors (Lipinski definition) is 1. The highest BCUT2D eigenvalue weighted by molar-refractivity contribution is 9.11. The molecule has 0 spiro atoms. The van der Waals surface area contributed by atoms with Crippen molar-refractivity contribution in [2.45, 2.75) is 6.54 Å². The van der Waals surface area contributed by atoms with E-state index in [0.29, 0.717) is 6.54 Å². The van der Waals surface area contributed by atoms with Gasteiger partial charge in [0.05, 0.1) is 10.6 Å². The van der Waals surface area contributed by atoms with Gasteiger partial charge in [0, 0.05) is 6.54 Å². The Morgan fingerprint density at radius 3 is 2.93 bits per heavy atom. The van der Waals surface area contributed by atoms with E-state index in [1.165, 1.54) is 23.5 Å². The molecular weight excluding hydrogens is 279 g/mol. The Morgan fingerprint density at radius 2 is 2.27 bits per heavy atom. The van der Waals surface area contributed by atoms with E-state index in [4.69, 9.17) is 5.73 Å². The van der Waals surface area contributed by atoms with Crippen molar-refractivity contribution in [1.29, 1.82) is 0 Å². The average molecular weight is 287 g/mol. The quantitative estimate of drug-likeness (QED) is 0.921. The summed E-state index contributed by atoms with van der Waals surface area (Å²) in [5, 5.41) is 0. The van der Waals surface area contributed by atoms with Gasteiger partial charge in [-0.15, -0.1) is 11.3 Å². The van der Waals surface area contributed by atoms with Crippen LogP contribution in [0.2, 0.25) is 0 Å². The number of thiazole rings is 1. The van der Waals surface area contributed by atoms with E-state index in [2.05, 4.69) is 20.9 Å². The molecule has 1 aromatic carbocycles. The summed E-state index contributed by atoms with van der Waals surface area (Å²) in [6.45, 7) is 0.355. The first kappa shape index (κ1) is 10.7. The minimum atomic E-state index is -0.250. The fourth-order valence-corrected chi connectivity index (χ4v) is 2.83. The zero-order valence-electron chi connectivity index (χ0n) is 7.71. The van der Waals surface area contributed by atoms with Gasteiger partial charge >= 0.3 is 0 Å². The SMILES string of the molecule is NCc1nc(Br)sc1-c1cccc(F)c1. The Bertz CT molecular complexity index is 484. The van der Waals surface area contributed by atoms with Gasteiger partial charge in [-0.2, -0.15) is 0 Å². The van der Waals surface area contributed by atoms with Crippen LogP contribution in [0.4, 0.5) is 4.39 Å². The van der Waals surface area contributed by atoms with Gasteiger partial charge in [0.15, 0.2) is 3.92 Å². The molecule has 2 rings (SSSR count). The maximum absolute atomic E-state index is 13.0. The third-order valence-electron chi connectivity index (χ3n) is 1.95. The minimum Gasteiger partial charge on any atom is -0.325 e. The lowest BCUT2D eigenvalue weighted by atomic mass is 10.1. The van der Waals surface area contributed by atoms with E-state index in [9.17, 15) is 4.39 Å². The Morgan fingerprint density at radius 1 is 1.47 bits per heavy atom. The van der Waals surface area contributed by atoms with Crippen molar-refractivity contribution >= 4 is 27.3 Å². The summed E-state index contributed by atoms with van der Waals surface area (Å²) in [7, 11) is 0. The van der Waals surface area contributed by atoms with Crippen molar-refractivity contribution in [3.63, 3.8) is 0 Å². The smallest absolute Gasteiger partial charge is 0.159 e. The van der Waals surface area contributed by atoms with Crippen LogP contribution in [0.15, 0.2) is 28.2 Å². The maximum Gasteiger partial charge on any atom is 0.159 e. The molecule has 0 bridgehead atoms. The molecule has 0 saturated carbocycles. The van der Waals surface area contributed by atoms with E-state index in [1.54, 1.807) is 6.07 Å². The molecular formula is C10H8BrFN2S. The van der Waals surface area contributed by atoms with Crippen molar-refractivity contribution in [2.24, 2.45) is 5.73 Å². The summed E-state index contributed by atoms with van der Waals surface area (Å²) in [4.78, 5) is 5.14. The van der Waals surface area contributed by atoms with Crippen LogP contribution in [0.3, 0.4) is 0 Å². The Hall–Kier alpha value is -0.780. The summed E-state index contributed by atoms with van der Waals surface area (Å²) < 4.78 is 13.8. The number of hydrogen-bond acceptors (Lipinski definition) is 3. The van der Waals surface area contributed by atoms with Gasteiger partial charge in [-0.1, -0.05) is 12.1 Å². The van der Waals surface area contributed by atoms with Crippen molar-refractivity contribution < 1.29 is 4.39 Å². The number of halogens is 2. The third kappa shape index (κ3) is 2.25. The molecule has 5 heteroatoms. The van der Waals surface area contributed by atoms with E-state index >= 15 is 0 Å². The summed E-state index contributed by atoms with van der Waals surface area (Å²) in [6.07, 6.45) is 0. The second kappa shape index (κ2) is 4.38. The predicted octanol–water partition coefficient (Wildman–Crippen LogP) is 3.17. The molecule has 1 aromatic heterocycles. The van der Waals surface area contributed by atoms with Gasteiger partial charge in [0.25, 0.3) is 0 Å². The second-order valence-electron chi connectivity index (χ2n) is 2.96. The van der Waals surface area contributed by atoms with Crippen LogP contribution in [0.5, 0.6) is 0 Å². The summed E-state index contributed by atoms with van der Waals surface area (Å²) in [5.41, 5.74) is 7.18. The Balaban J connectivity index is 2.53. The normalized spacial score (nSPS) is 10.6. The maximum atomic E-state index is 13.0. The van der Waals surface area contributed by atoms with Crippen molar-refractivity contribution in [3.05, 3.63) is 39.7 Å². The molecule has 2 N–H and O–H groups in total. The van der Waals surface area contributed by atoms with Crippen LogP contribution in [-0.4, -0.2) is 4.98 Å². The average Bonchev–Trinajstić information content (AvgIpc) is 2.59. The van der Waals surface area contributed by atoms with Crippen LogP contribution >= 0.6 is 27.3 Å². The first-order valence-electron chi connectivity index (χ1n) is 4.32. The predicted molar refractivity (Wildman–Crippen MR) is 63.1 cm³/mol. The molecule has 0 aliphatic carbocycles. The summed E-state index contributed by atoms with van der Waals surface area (Å²) in [5.74, 6) is -0.250. The fraction of sp³-hybridized carbons (Fsp3) is 0.100. The lowest BCUT2D eigenvalue weighted by Crippen LogP contribution is -1.98. The molecule has 0 aliphatic heterocycles. The summed E-state index contributed by atoms with van der Waals surface area (Å²) >= 11 is 4.76. The van der Waals surface area contributed by atoms with Gasteiger partial charge in [0.1, 0.15) is 5.82 Å². The second-order valence-corrected chi connectivity index (χ2v) is 5.23. The van der Waals surface area contributed by atoms with Crippen LogP contribution in [0.1, 0.15) is 5.69 Å². The molecule has 78 valence electrons. The molecule has 0 atom stereocenters. The number of rotatable bonds is 2. The first-order chi connectivity index (χ1) is 7.20. The fourth-order valence-electron chi connectivity index (χ4n) is 1.32. The molecule has 0 amide bonds. The number of nitrogens with two attached hydrogens (primary N) is 1. The van der Waals surface area contributed by atoms with E-state index < -0.39 is 0 Å². The van der Waals surface area contributed by atoms with Gasteiger partial charge in [-0.3, -0.25) is 0 Å². The lowest BCUT2D eigenvalue weighted by Gasteiger charge is -1.99. The van der Waals surface area contributed by atoms with Crippen molar-refractivity contribution in [1.82, 2.24) is 4.98 Å². The lowest BCUT2D eigenvalue weighted by molar-refractivity contribution is 0.628. The largest absolute Gasteiger partial charge is 0.325 e. The highest BCUT2D eigenvalue weighted by atomic mass is 79.9. The van der Waals surface area contributed by atoms with Gasteiger partial charge < -0.3 is 5.73 Å². The van der Waals surface area contributed by atoms with Gasteiger partial charge in [-0.25, -0.2) is 9.37 Å². The molecule has 0 radical (unpaired) electrons. The van der Waals surface area contributed by atoms with Gasteiger partial charge in [-0.05, 0) is 33.6 Å². The molecule has 0 saturated heterocycles. The molecule has 2 nitrogen and oxygen atoms in total. The van der Waals surface area contributed by atoms with Crippen LogP contribution in [0.25, 0.3) is 10.4 Å². The molecule has 15 heavy (non-hydrogen) atoms. The monoisotopic (exact) mass is 286 g/mol. The molecule has 0 unspecified atom stereocenters. The zero-order valence-corrected chi connectivity index (χ0v) is 10.1. The number of aromatic nitrogens is 1. The van der Waals surface area contributed by atoms with Crippen LogP contribution in [0, 0.1) is 5.82 Å². The Kier molecular flexibility index (Phi) is 3.14. The Labute approximate surface area is 99.1 Å². The van der Waals surface area contributed by atoms with Crippen LogP contribution in [-0.2, 0) is 6.54 Å². The molecule has 0 aliphatic rings.